The molecule has 2 heterocycles. The van der Waals surface area contributed by atoms with E-state index < -0.39 is 10.8 Å². The summed E-state index contributed by atoms with van der Waals surface area (Å²) in [5.74, 6) is 0.349. The highest BCUT2D eigenvalue weighted by molar-refractivity contribution is 6.13. The van der Waals surface area contributed by atoms with Gasteiger partial charge in [-0.15, -0.1) is 0 Å². The molecule has 0 atom stereocenters. The first-order chi connectivity index (χ1) is 17.9. The van der Waals surface area contributed by atoms with Crippen molar-refractivity contribution in [2.45, 2.75) is 20.4 Å². The van der Waals surface area contributed by atoms with Gasteiger partial charge in [0.25, 0.3) is 11.6 Å². The SMILES string of the molecule is CCn1cc(-c2cc(C(=O)Nc3cc(Oc4cccc(C)c4)cc([N+](=O)[O-])c3)c3ccccc3n2)cn1. The fourth-order valence-electron chi connectivity index (χ4n) is 4.01. The van der Waals surface area contributed by atoms with E-state index in [1.807, 2.05) is 62.5 Å². The number of benzene rings is 3. The number of non-ortho nitro benzene ring substituents is 1. The number of anilines is 1. The largest absolute Gasteiger partial charge is 0.457 e. The summed E-state index contributed by atoms with van der Waals surface area (Å²) in [7, 11) is 0. The lowest BCUT2D eigenvalue weighted by Gasteiger charge is -2.12. The van der Waals surface area contributed by atoms with Crippen LogP contribution in [0.2, 0.25) is 0 Å². The molecule has 9 nitrogen and oxygen atoms in total. The van der Waals surface area contributed by atoms with E-state index in [0.29, 0.717) is 34.5 Å². The molecular weight excluding hydrogens is 470 g/mol. The van der Waals surface area contributed by atoms with Gasteiger partial charge in [-0.1, -0.05) is 30.3 Å². The van der Waals surface area contributed by atoms with Gasteiger partial charge < -0.3 is 10.1 Å². The first-order valence-corrected chi connectivity index (χ1v) is 11.7. The van der Waals surface area contributed by atoms with Crippen LogP contribution in [-0.4, -0.2) is 25.6 Å². The van der Waals surface area contributed by atoms with E-state index in [0.717, 1.165) is 11.1 Å². The highest BCUT2D eigenvalue weighted by Crippen LogP contribution is 2.31. The molecule has 2 aromatic heterocycles. The van der Waals surface area contributed by atoms with E-state index in [1.54, 1.807) is 29.1 Å². The molecule has 0 fully saturated rings. The number of fused-ring (bicyclic) bond motifs is 1. The molecule has 9 heteroatoms. The van der Waals surface area contributed by atoms with Gasteiger partial charge in [0, 0.05) is 35.8 Å². The maximum absolute atomic E-state index is 13.5. The second kappa shape index (κ2) is 9.90. The van der Waals surface area contributed by atoms with Crippen LogP contribution in [0.5, 0.6) is 11.5 Å². The average Bonchev–Trinajstić information content (AvgIpc) is 3.37. The van der Waals surface area contributed by atoms with Gasteiger partial charge in [-0.3, -0.25) is 19.6 Å². The lowest BCUT2D eigenvalue weighted by Crippen LogP contribution is -2.13. The van der Waals surface area contributed by atoms with Crippen molar-refractivity contribution in [1.29, 1.82) is 0 Å². The molecule has 1 amide bonds. The zero-order valence-electron chi connectivity index (χ0n) is 20.2. The number of nitrogens with zero attached hydrogens (tertiary/aromatic N) is 4. The van der Waals surface area contributed by atoms with Crippen LogP contribution in [0.15, 0.2) is 85.2 Å². The van der Waals surface area contributed by atoms with E-state index in [2.05, 4.69) is 10.4 Å². The van der Waals surface area contributed by atoms with Crippen LogP contribution in [0.25, 0.3) is 22.2 Å². The van der Waals surface area contributed by atoms with Crippen molar-refractivity contribution in [3.63, 3.8) is 0 Å². The third-order valence-corrected chi connectivity index (χ3v) is 5.80. The van der Waals surface area contributed by atoms with Crippen LogP contribution in [-0.2, 0) is 6.54 Å². The zero-order valence-corrected chi connectivity index (χ0v) is 20.2. The topological polar surface area (TPSA) is 112 Å². The third-order valence-electron chi connectivity index (χ3n) is 5.80. The number of aromatic nitrogens is 3. The number of pyridine rings is 1. The summed E-state index contributed by atoms with van der Waals surface area (Å²) in [5.41, 5.74) is 3.45. The van der Waals surface area contributed by atoms with Crippen molar-refractivity contribution in [3.05, 3.63) is 106 Å². The van der Waals surface area contributed by atoms with Crippen molar-refractivity contribution in [2.24, 2.45) is 0 Å². The Kier molecular flexibility index (Phi) is 6.34. The predicted octanol–water partition coefficient (Wildman–Crippen LogP) is 6.38. The van der Waals surface area contributed by atoms with Crippen molar-refractivity contribution < 1.29 is 14.5 Å². The highest BCUT2D eigenvalue weighted by atomic mass is 16.6. The Morgan fingerprint density at radius 1 is 1.05 bits per heavy atom. The number of nitro groups is 1. The van der Waals surface area contributed by atoms with Gasteiger partial charge in [0.1, 0.15) is 11.5 Å². The van der Waals surface area contributed by atoms with Crippen molar-refractivity contribution in [1.82, 2.24) is 14.8 Å². The Hall–Kier alpha value is -5.05. The molecule has 0 spiro atoms. The Morgan fingerprint density at radius 2 is 1.89 bits per heavy atom. The molecule has 0 saturated heterocycles. The summed E-state index contributed by atoms with van der Waals surface area (Å²) >= 11 is 0. The van der Waals surface area contributed by atoms with Gasteiger partial charge in [-0.2, -0.15) is 5.10 Å². The summed E-state index contributed by atoms with van der Waals surface area (Å²) in [6.07, 6.45) is 3.58. The van der Waals surface area contributed by atoms with Crippen LogP contribution >= 0.6 is 0 Å². The molecule has 5 rings (SSSR count). The fraction of sp³-hybridized carbons (Fsp3) is 0.107. The highest BCUT2D eigenvalue weighted by Gasteiger charge is 2.18. The van der Waals surface area contributed by atoms with Crippen molar-refractivity contribution >= 4 is 28.2 Å². The van der Waals surface area contributed by atoms with E-state index in [4.69, 9.17) is 9.72 Å². The molecule has 0 aliphatic heterocycles. The smallest absolute Gasteiger partial charge is 0.275 e. The molecule has 0 saturated carbocycles. The van der Waals surface area contributed by atoms with E-state index >= 15 is 0 Å². The number of rotatable bonds is 7. The van der Waals surface area contributed by atoms with Crippen LogP contribution in [0.1, 0.15) is 22.8 Å². The number of carbonyl (C=O) groups is 1. The third kappa shape index (κ3) is 5.15. The van der Waals surface area contributed by atoms with E-state index in [1.165, 1.54) is 12.1 Å². The number of nitrogens with one attached hydrogen (secondary N) is 1. The summed E-state index contributed by atoms with van der Waals surface area (Å²) < 4.78 is 7.65. The first kappa shape index (κ1) is 23.7. The minimum Gasteiger partial charge on any atom is -0.457 e. The number of hydrogen-bond donors (Lipinski definition) is 1. The number of hydrogen-bond acceptors (Lipinski definition) is 6. The van der Waals surface area contributed by atoms with Crippen LogP contribution in [0.4, 0.5) is 11.4 Å². The maximum Gasteiger partial charge on any atom is 0.275 e. The Bertz CT molecular complexity index is 1640. The maximum atomic E-state index is 13.5. The second-order valence-electron chi connectivity index (χ2n) is 8.50. The normalized spacial score (nSPS) is 10.9. The Morgan fingerprint density at radius 3 is 2.65 bits per heavy atom. The molecule has 37 heavy (non-hydrogen) atoms. The molecule has 0 aliphatic carbocycles. The van der Waals surface area contributed by atoms with Crippen LogP contribution in [0, 0.1) is 17.0 Å². The molecule has 5 aromatic rings. The Balaban J connectivity index is 1.52. The quantitative estimate of drug-likeness (QED) is 0.208. The van der Waals surface area contributed by atoms with Gasteiger partial charge in [0.05, 0.1) is 39.6 Å². The predicted molar refractivity (Wildman–Crippen MR) is 141 cm³/mol. The molecular formula is C28H23N5O4. The first-order valence-electron chi connectivity index (χ1n) is 11.7. The van der Waals surface area contributed by atoms with Gasteiger partial charge in [-0.25, -0.2) is 4.98 Å². The monoisotopic (exact) mass is 493 g/mol. The van der Waals surface area contributed by atoms with Gasteiger partial charge in [0.15, 0.2) is 0 Å². The molecule has 184 valence electrons. The summed E-state index contributed by atoms with van der Waals surface area (Å²) in [4.78, 5) is 29.3. The number of carbonyl (C=O) groups excluding carboxylic acids is 1. The van der Waals surface area contributed by atoms with E-state index in [-0.39, 0.29) is 17.1 Å². The fourth-order valence-corrected chi connectivity index (χ4v) is 4.01. The number of para-hydroxylation sites is 1. The number of aryl methyl sites for hydroxylation is 2. The Labute approximate surface area is 212 Å². The summed E-state index contributed by atoms with van der Waals surface area (Å²) in [6, 6.07) is 20.6. The lowest BCUT2D eigenvalue weighted by atomic mass is 10.0. The summed E-state index contributed by atoms with van der Waals surface area (Å²) in [6.45, 7) is 4.62. The number of nitro benzene ring substituents is 1. The summed E-state index contributed by atoms with van der Waals surface area (Å²) in [5, 5.41) is 19.4. The lowest BCUT2D eigenvalue weighted by molar-refractivity contribution is -0.384. The molecule has 1 N–H and O–H groups in total. The van der Waals surface area contributed by atoms with Gasteiger partial charge in [0.2, 0.25) is 0 Å². The average molecular weight is 494 g/mol. The van der Waals surface area contributed by atoms with Gasteiger partial charge >= 0.3 is 0 Å². The van der Waals surface area contributed by atoms with Crippen LogP contribution < -0.4 is 10.1 Å². The van der Waals surface area contributed by atoms with Crippen molar-refractivity contribution in [2.75, 3.05) is 5.32 Å². The number of amides is 1. The standard InChI is InChI=1S/C28H23N5O4/c1-3-32-17-19(16-29-32)27-15-25(24-9-4-5-10-26(24)31-27)28(34)30-20-12-21(33(35)36)14-23(13-20)37-22-8-6-7-18(2)11-22/h4-17H,3H2,1-2H3,(H,30,34). The molecule has 3 aromatic carbocycles. The second-order valence-corrected chi connectivity index (χ2v) is 8.50. The molecule has 0 aliphatic rings. The minimum absolute atomic E-state index is 0.201. The molecule has 0 radical (unpaired) electrons. The van der Waals surface area contributed by atoms with Crippen molar-refractivity contribution in [3.8, 4) is 22.8 Å². The van der Waals surface area contributed by atoms with Crippen LogP contribution in [0.3, 0.4) is 0 Å². The minimum atomic E-state index is -0.524. The zero-order chi connectivity index (χ0) is 25.9. The molecule has 0 bridgehead atoms. The van der Waals surface area contributed by atoms with E-state index in [9.17, 15) is 14.9 Å². The molecule has 0 unspecified atom stereocenters. The number of ether oxygens (including phenoxy) is 1. The van der Waals surface area contributed by atoms with Gasteiger partial charge in [-0.05, 0) is 43.7 Å².